The van der Waals surface area contributed by atoms with E-state index >= 15 is 0 Å². The van der Waals surface area contributed by atoms with Gasteiger partial charge in [-0.3, -0.25) is 18.6 Å². The van der Waals surface area contributed by atoms with Crippen molar-refractivity contribution < 1.29 is 37.3 Å². The molecule has 0 bridgehead atoms. The van der Waals surface area contributed by atoms with E-state index in [1.807, 2.05) is 33.3 Å². The zero-order chi connectivity index (χ0) is 58.6. The summed E-state index contributed by atoms with van der Waals surface area (Å²) < 4.78 is 30.8. The highest BCUT2D eigenvalue weighted by Crippen LogP contribution is 2.43. The Kier molecular flexibility index (Phi) is 58.1. The van der Waals surface area contributed by atoms with Crippen molar-refractivity contribution in [2.45, 2.75) is 335 Å². The molecule has 0 aromatic rings. The standard InChI is InChI=1S/C70H131N2O7P/c1-7-10-13-16-19-22-25-28-30-32-33-34-35-36-37-38-39-40-42-45-48-51-54-57-60-63-70(74)79-68(61-58-55-52-49-46-43-27-24-21-18-15-12-9-3)67(66-78-80(75,76)77-65-64-72(4,5)6)71-69(73)62-59-56-53-50-47-44-41-31-29-26-23-20-17-14-11-8-2/h19,22,28,30-31,33-34,41,58,61,67-68H,7-18,20-21,23-27,29,32,35-40,42-57,59-60,62-66H2,1-6H3,(H-,71,73,75,76)/p+1/b22-19-,30-28-,34-33-,41-31+,61-58-. The molecule has 0 saturated carbocycles. The number of nitrogens with one attached hydrogen (secondary N) is 1. The van der Waals surface area contributed by atoms with Crippen LogP contribution in [0.4, 0.5) is 0 Å². The van der Waals surface area contributed by atoms with Gasteiger partial charge in [-0.15, -0.1) is 0 Å². The number of quaternary nitrogens is 1. The first-order valence-electron chi connectivity index (χ1n) is 34.1. The Labute approximate surface area is 496 Å². The minimum Gasteiger partial charge on any atom is -0.456 e. The monoisotopic (exact) mass is 1140 g/mol. The molecule has 468 valence electrons. The molecule has 2 N–H and O–H groups in total. The van der Waals surface area contributed by atoms with E-state index in [0.29, 0.717) is 17.4 Å². The van der Waals surface area contributed by atoms with Gasteiger partial charge in [0.05, 0.1) is 33.8 Å². The van der Waals surface area contributed by atoms with Crippen LogP contribution in [0.25, 0.3) is 0 Å². The van der Waals surface area contributed by atoms with Crippen LogP contribution < -0.4 is 5.32 Å². The van der Waals surface area contributed by atoms with E-state index in [0.717, 1.165) is 89.9 Å². The van der Waals surface area contributed by atoms with Crippen LogP contribution in [0.5, 0.6) is 0 Å². The first kappa shape index (κ1) is 77.7. The summed E-state index contributed by atoms with van der Waals surface area (Å²) >= 11 is 0. The van der Waals surface area contributed by atoms with Crippen LogP contribution in [0, 0.1) is 0 Å². The van der Waals surface area contributed by atoms with Crippen molar-refractivity contribution in [3.63, 3.8) is 0 Å². The number of carbonyl (C=O) groups is 2. The lowest BCUT2D eigenvalue weighted by Gasteiger charge is -2.27. The topological polar surface area (TPSA) is 111 Å². The number of likely N-dealkylation sites (N-methyl/N-ethyl adjacent to an activating group) is 1. The number of rotatable bonds is 62. The predicted molar refractivity (Wildman–Crippen MR) is 346 cm³/mol. The van der Waals surface area contributed by atoms with Crippen LogP contribution in [0.1, 0.15) is 323 Å². The van der Waals surface area contributed by atoms with E-state index in [4.69, 9.17) is 13.8 Å². The van der Waals surface area contributed by atoms with Crippen molar-refractivity contribution in [1.82, 2.24) is 5.32 Å². The smallest absolute Gasteiger partial charge is 0.456 e. The normalized spacial score (nSPS) is 13.9. The fourth-order valence-electron chi connectivity index (χ4n) is 9.88. The number of phosphoric acid groups is 1. The molecule has 0 aliphatic carbocycles. The molecule has 3 atom stereocenters. The van der Waals surface area contributed by atoms with E-state index < -0.39 is 20.0 Å². The molecule has 0 aromatic carbocycles. The van der Waals surface area contributed by atoms with Crippen molar-refractivity contribution in [2.24, 2.45) is 0 Å². The molecule has 1 amide bonds. The molecular weight excluding hydrogens is 1010 g/mol. The average Bonchev–Trinajstić information content (AvgIpc) is 3.42. The number of hydrogen-bond acceptors (Lipinski definition) is 6. The highest BCUT2D eigenvalue weighted by Gasteiger charge is 2.30. The van der Waals surface area contributed by atoms with Gasteiger partial charge in [0.1, 0.15) is 19.3 Å². The number of phosphoric ester groups is 1. The van der Waals surface area contributed by atoms with Crippen LogP contribution in [0.15, 0.2) is 60.8 Å². The van der Waals surface area contributed by atoms with Gasteiger partial charge in [-0.25, -0.2) is 4.57 Å². The Bertz CT molecular complexity index is 1550. The minimum absolute atomic E-state index is 0.0383. The van der Waals surface area contributed by atoms with E-state index in [-0.39, 0.29) is 31.5 Å². The van der Waals surface area contributed by atoms with Gasteiger partial charge in [0.2, 0.25) is 5.91 Å². The summed E-state index contributed by atoms with van der Waals surface area (Å²) in [6, 6.07) is -0.854. The molecule has 9 nitrogen and oxygen atoms in total. The number of carbonyl (C=O) groups excluding carboxylic acids is 2. The van der Waals surface area contributed by atoms with Crippen LogP contribution in [-0.2, 0) is 27.9 Å². The summed E-state index contributed by atoms with van der Waals surface area (Å²) in [5.74, 6) is -0.507. The average molecular weight is 1140 g/mol. The number of nitrogens with zero attached hydrogens (tertiary/aromatic N) is 1. The molecule has 0 aliphatic rings. The number of allylic oxidation sites excluding steroid dienone is 9. The Morgan fingerprint density at radius 2 is 0.762 bits per heavy atom. The molecular formula is C70H132N2O7P+. The second-order valence-electron chi connectivity index (χ2n) is 24.3. The van der Waals surface area contributed by atoms with Crippen LogP contribution >= 0.6 is 7.82 Å². The van der Waals surface area contributed by atoms with Crippen molar-refractivity contribution in [1.29, 1.82) is 0 Å². The maximum Gasteiger partial charge on any atom is 0.472 e. The zero-order valence-electron chi connectivity index (χ0n) is 53.6. The Morgan fingerprint density at radius 3 is 1.18 bits per heavy atom. The zero-order valence-corrected chi connectivity index (χ0v) is 54.5. The van der Waals surface area contributed by atoms with Gasteiger partial charge >= 0.3 is 13.8 Å². The predicted octanol–water partition coefficient (Wildman–Crippen LogP) is 21.4. The third-order valence-electron chi connectivity index (χ3n) is 15.2. The van der Waals surface area contributed by atoms with Gasteiger partial charge in [0.15, 0.2) is 0 Å². The molecule has 0 aromatic heterocycles. The first-order valence-corrected chi connectivity index (χ1v) is 35.6. The fraction of sp³-hybridized carbons (Fsp3) is 0.829. The van der Waals surface area contributed by atoms with Gasteiger partial charge in [0, 0.05) is 12.8 Å². The van der Waals surface area contributed by atoms with Crippen molar-refractivity contribution in [3.05, 3.63) is 60.8 Å². The second-order valence-corrected chi connectivity index (χ2v) is 25.8. The molecule has 0 saturated heterocycles. The summed E-state index contributed by atoms with van der Waals surface area (Å²) in [5.41, 5.74) is 0. The number of ether oxygens (including phenoxy) is 1. The van der Waals surface area contributed by atoms with Crippen molar-refractivity contribution >= 4 is 19.7 Å². The number of esters is 1. The van der Waals surface area contributed by atoms with Crippen LogP contribution in [0.2, 0.25) is 0 Å². The van der Waals surface area contributed by atoms with Crippen LogP contribution in [0.3, 0.4) is 0 Å². The molecule has 3 unspecified atom stereocenters. The summed E-state index contributed by atoms with van der Waals surface area (Å²) in [6.07, 6.45) is 76.5. The first-order chi connectivity index (χ1) is 38.9. The number of hydrogen-bond donors (Lipinski definition) is 2. The van der Waals surface area contributed by atoms with Gasteiger partial charge in [-0.1, -0.05) is 275 Å². The molecule has 10 heteroatoms. The molecule has 0 spiro atoms. The lowest BCUT2D eigenvalue weighted by Crippen LogP contribution is -2.47. The number of amides is 1. The Balaban J connectivity index is 5.13. The summed E-state index contributed by atoms with van der Waals surface area (Å²) in [6.45, 7) is 7.01. The van der Waals surface area contributed by atoms with Crippen molar-refractivity contribution in [3.8, 4) is 0 Å². The lowest BCUT2D eigenvalue weighted by molar-refractivity contribution is -0.870. The second kappa shape index (κ2) is 59.9. The maximum atomic E-state index is 13.6. The molecule has 0 rings (SSSR count). The molecule has 80 heavy (non-hydrogen) atoms. The third kappa shape index (κ3) is 60.3. The molecule has 0 heterocycles. The van der Waals surface area contributed by atoms with Crippen LogP contribution in [-0.4, -0.2) is 74.3 Å². The van der Waals surface area contributed by atoms with Gasteiger partial charge in [0.25, 0.3) is 0 Å². The summed E-state index contributed by atoms with van der Waals surface area (Å²) in [7, 11) is 1.50. The minimum atomic E-state index is -4.45. The lowest BCUT2D eigenvalue weighted by atomic mass is 10.0. The summed E-state index contributed by atoms with van der Waals surface area (Å²) in [4.78, 5) is 37.8. The van der Waals surface area contributed by atoms with E-state index in [9.17, 15) is 19.0 Å². The van der Waals surface area contributed by atoms with Gasteiger partial charge in [-0.2, -0.15) is 0 Å². The maximum absolute atomic E-state index is 13.6. The Morgan fingerprint density at radius 1 is 0.438 bits per heavy atom. The number of unbranched alkanes of at least 4 members (excludes halogenated alkanes) is 38. The third-order valence-corrected chi connectivity index (χ3v) is 16.2. The van der Waals surface area contributed by atoms with Gasteiger partial charge in [-0.05, 0) is 96.0 Å². The highest BCUT2D eigenvalue weighted by molar-refractivity contribution is 7.47. The highest BCUT2D eigenvalue weighted by atomic mass is 31.2. The van der Waals surface area contributed by atoms with E-state index in [1.54, 1.807) is 0 Å². The van der Waals surface area contributed by atoms with E-state index in [2.05, 4.69) is 74.7 Å². The SMILES string of the molecule is CCCCC/C=C\C/C=C\C/C=C\CCCCCCCCCCCCCCC(=O)OC(/C=C\CCCCCCCCCCCCC)C(COP(=O)(O)OCC[N+](C)(C)C)NC(=O)CCCCCCC/C=C/CCCCCCCCC. The quantitative estimate of drug-likeness (QED) is 0.0205. The van der Waals surface area contributed by atoms with Gasteiger partial charge < -0.3 is 19.4 Å². The molecule has 0 fully saturated rings. The van der Waals surface area contributed by atoms with Crippen molar-refractivity contribution in [2.75, 3.05) is 40.9 Å². The molecule has 0 aliphatic heterocycles. The van der Waals surface area contributed by atoms with E-state index in [1.165, 1.54) is 199 Å². The fourth-order valence-corrected chi connectivity index (χ4v) is 10.6. The summed E-state index contributed by atoms with van der Waals surface area (Å²) in [5, 5.41) is 3.06. The Hall–Kier alpha value is -2.29. The largest absolute Gasteiger partial charge is 0.472 e. The molecule has 0 radical (unpaired) electrons.